The third-order valence-corrected chi connectivity index (χ3v) is 5.22. The van der Waals surface area contributed by atoms with E-state index in [0.29, 0.717) is 29.7 Å². The van der Waals surface area contributed by atoms with Crippen LogP contribution in [0.25, 0.3) is 11.4 Å². The summed E-state index contributed by atoms with van der Waals surface area (Å²) >= 11 is 6.15. The highest BCUT2D eigenvalue weighted by atomic mass is 35.5. The molecule has 1 aromatic heterocycles. The Hall–Kier alpha value is -2.41. The van der Waals surface area contributed by atoms with Gasteiger partial charge in [-0.05, 0) is 23.3 Å². The van der Waals surface area contributed by atoms with Crippen molar-refractivity contribution in [2.75, 3.05) is 7.05 Å². The second-order valence-corrected chi connectivity index (χ2v) is 7.11. The molecule has 1 fully saturated rings. The van der Waals surface area contributed by atoms with Gasteiger partial charge in [0.2, 0.25) is 17.6 Å². The second-order valence-electron chi connectivity index (χ2n) is 6.67. The molecule has 2 heterocycles. The molecule has 0 saturated carbocycles. The Bertz CT molecular complexity index is 974. The molecule has 8 heteroatoms. The van der Waals surface area contributed by atoms with Gasteiger partial charge in [0.25, 0.3) is 0 Å². The average molecular weight is 419 g/mol. The quantitative estimate of drug-likeness (QED) is 0.692. The Morgan fingerprint density at radius 2 is 2.00 bits per heavy atom. The van der Waals surface area contributed by atoms with Crippen LogP contribution in [0.2, 0.25) is 5.02 Å². The number of amides is 1. The number of hydrogen-bond donors (Lipinski definition) is 1. The van der Waals surface area contributed by atoms with Crippen molar-refractivity contribution in [3.05, 3.63) is 70.6 Å². The van der Waals surface area contributed by atoms with Gasteiger partial charge in [0.05, 0.1) is 12.0 Å². The highest BCUT2D eigenvalue weighted by molar-refractivity contribution is 6.30. The fourth-order valence-electron chi connectivity index (χ4n) is 3.53. The standard InChI is InChI=1S/C20H19ClN4O2.ClH/c1-25-17(26)10-16(18(25)14-3-2-4-15(21)9-14)20-23-19(24-27-20)13-7-5-12(11-22)6-8-13;/h2-9,16,18H,10-11,22H2,1H3;1H. The third kappa shape index (κ3) is 3.76. The predicted molar refractivity (Wildman–Crippen MR) is 109 cm³/mol. The fourth-order valence-corrected chi connectivity index (χ4v) is 3.73. The second kappa shape index (κ2) is 8.31. The van der Waals surface area contributed by atoms with E-state index in [0.717, 1.165) is 16.7 Å². The molecular formula is C20H20Cl2N4O2. The first-order chi connectivity index (χ1) is 13.1. The Morgan fingerprint density at radius 3 is 2.68 bits per heavy atom. The molecule has 2 N–H and O–H groups in total. The minimum absolute atomic E-state index is 0. The van der Waals surface area contributed by atoms with Gasteiger partial charge in [-0.25, -0.2) is 0 Å². The number of carbonyl (C=O) groups excluding carboxylic acids is 1. The van der Waals surface area contributed by atoms with Crippen molar-refractivity contribution in [3.63, 3.8) is 0 Å². The van der Waals surface area contributed by atoms with Crippen molar-refractivity contribution < 1.29 is 9.32 Å². The number of nitrogens with zero attached hydrogens (tertiary/aromatic N) is 3. The van der Waals surface area contributed by atoms with Crippen LogP contribution in [0.4, 0.5) is 0 Å². The first kappa shape index (κ1) is 20.3. The van der Waals surface area contributed by atoms with E-state index in [-0.39, 0.29) is 30.3 Å². The zero-order valence-corrected chi connectivity index (χ0v) is 16.8. The number of rotatable bonds is 4. The SMILES string of the molecule is CN1C(=O)CC(c2nc(-c3ccc(CN)cc3)no2)C1c1cccc(Cl)c1.Cl. The summed E-state index contributed by atoms with van der Waals surface area (Å²) in [6.07, 6.45) is 0.321. The lowest BCUT2D eigenvalue weighted by molar-refractivity contribution is -0.127. The molecule has 0 spiro atoms. The van der Waals surface area contributed by atoms with Gasteiger partial charge in [0, 0.05) is 30.6 Å². The zero-order valence-electron chi connectivity index (χ0n) is 15.2. The van der Waals surface area contributed by atoms with Crippen LogP contribution < -0.4 is 5.73 Å². The molecule has 146 valence electrons. The molecule has 4 rings (SSSR count). The van der Waals surface area contributed by atoms with Crippen molar-refractivity contribution in [1.82, 2.24) is 15.0 Å². The largest absolute Gasteiger partial charge is 0.339 e. The van der Waals surface area contributed by atoms with Gasteiger partial charge in [-0.3, -0.25) is 4.79 Å². The van der Waals surface area contributed by atoms with Crippen LogP contribution in [0.3, 0.4) is 0 Å². The highest BCUT2D eigenvalue weighted by Crippen LogP contribution is 2.43. The van der Waals surface area contributed by atoms with E-state index in [2.05, 4.69) is 10.1 Å². The maximum Gasteiger partial charge on any atom is 0.233 e. The van der Waals surface area contributed by atoms with Crippen molar-refractivity contribution >= 4 is 29.9 Å². The molecule has 1 amide bonds. The van der Waals surface area contributed by atoms with E-state index in [1.165, 1.54) is 0 Å². The Kier molecular flexibility index (Phi) is 6.03. The van der Waals surface area contributed by atoms with Gasteiger partial charge in [-0.2, -0.15) is 4.98 Å². The van der Waals surface area contributed by atoms with Crippen molar-refractivity contribution in [2.24, 2.45) is 5.73 Å². The lowest BCUT2D eigenvalue weighted by Gasteiger charge is -2.23. The van der Waals surface area contributed by atoms with E-state index in [1.807, 2.05) is 48.5 Å². The lowest BCUT2D eigenvalue weighted by Crippen LogP contribution is -2.24. The molecule has 1 aliphatic rings. The van der Waals surface area contributed by atoms with Crippen molar-refractivity contribution in [3.8, 4) is 11.4 Å². The smallest absolute Gasteiger partial charge is 0.233 e. The minimum atomic E-state index is -0.217. The summed E-state index contributed by atoms with van der Waals surface area (Å²) in [5.41, 5.74) is 8.47. The number of aromatic nitrogens is 2. The average Bonchev–Trinajstić information content (AvgIpc) is 3.27. The number of nitrogens with two attached hydrogens (primary N) is 1. The van der Waals surface area contributed by atoms with Crippen LogP contribution in [0.5, 0.6) is 0 Å². The Morgan fingerprint density at radius 1 is 1.25 bits per heavy atom. The maximum atomic E-state index is 12.4. The number of likely N-dealkylation sites (tertiary alicyclic amines) is 1. The summed E-state index contributed by atoms with van der Waals surface area (Å²) in [4.78, 5) is 18.6. The van der Waals surface area contributed by atoms with Crippen LogP contribution in [0.1, 0.15) is 35.4 Å². The first-order valence-corrected chi connectivity index (χ1v) is 9.08. The van der Waals surface area contributed by atoms with Crippen LogP contribution in [0.15, 0.2) is 53.1 Å². The van der Waals surface area contributed by atoms with Crippen molar-refractivity contribution in [2.45, 2.75) is 24.9 Å². The zero-order chi connectivity index (χ0) is 19.0. The van der Waals surface area contributed by atoms with Gasteiger partial charge >= 0.3 is 0 Å². The number of likely N-dealkylation sites (N-methyl/N-ethyl adjacent to an activating group) is 1. The van der Waals surface area contributed by atoms with E-state index in [9.17, 15) is 4.79 Å². The molecule has 2 aromatic carbocycles. The summed E-state index contributed by atoms with van der Waals surface area (Å²) in [5.74, 6) is 0.776. The van der Waals surface area contributed by atoms with Crippen LogP contribution in [-0.2, 0) is 11.3 Å². The minimum Gasteiger partial charge on any atom is -0.339 e. The summed E-state index contributed by atoms with van der Waals surface area (Å²) in [6, 6.07) is 15.0. The molecular weight excluding hydrogens is 399 g/mol. The summed E-state index contributed by atoms with van der Waals surface area (Å²) in [7, 11) is 1.79. The van der Waals surface area contributed by atoms with E-state index in [4.69, 9.17) is 21.9 Å². The predicted octanol–water partition coefficient (Wildman–Crippen LogP) is 3.96. The summed E-state index contributed by atoms with van der Waals surface area (Å²) in [6.45, 7) is 0.482. The number of carbonyl (C=O) groups is 1. The number of hydrogen-bond acceptors (Lipinski definition) is 5. The summed E-state index contributed by atoms with van der Waals surface area (Å²) < 4.78 is 5.54. The molecule has 0 aliphatic carbocycles. The third-order valence-electron chi connectivity index (χ3n) is 4.98. The first-order valence-electron chi connectivity index (χ1n) is 8.71. The summed E-state index contributed by atoms with van der Waals surface area (Å²) in [5, 5.41) is 4.74. The monoisotopic (exact) mass is 418 g/mol. The number of halogens is 2. The molecule has 6 nitrogen and oxygen atoms in total. The lowest BCUT2D eigenvalue weighted by atomic mass is 9.93. The van der Waals surface area contributed by atoms with Crippen LogP contribution >= 0.6 is 24.0 Å². The molecule has 2 atom stereocenters. The highest BCUT2D eigenvalue weighted by Gasteiger charge is 2.42. The molecule has 1 aliphatic heterocycles. The van der Waals surface area contributed by atoms with Gasteiger partial charge in [-0.1, -0.05) is 53.2 Å². The van der Waals surface area contributed by atoms with Crippen LogP contribution in [-0.4, -0.2) is 28.0 Å². The molecule has 28 heavy (non-hydrogen) atoms. The van der Waals surface area contributed by atoms with E-state index < -0.39 is 0 Å². The molecule has 1 saturated heterocycles. The van der Waals surface area contributed by atoms with E-state index >= 15 is 0 Å². The fraction of sp³-hybridized carbons (Fsp3) is 0.250. The molecule has 3 aromatic rings. The normalized spacial score (nSPS) is 19.0. The molecule has 2 unspecified atom stereocenters. The van der Waals surface area contributed by atoms with Gasteiger partial charge in [0.15, 0.2) is 0 Å². The molecule has 0 bridgehead atoms. The maximum absolute atomic E-state index is 12.4. The Balaban J connectivity index is 0.00000225. The number of benzene rings is 2. The van der Waals surface area contributed by atoms with Crippen molar-refractivity contribution in [1.29, 1.82) is 0 Å². The van der Waals surface area contributed by atoms with Gasteiger partial charge in [0.1, 0.15) is 0 Å². The Labute approximate surface area is 174 Å². The van der Waals surface area contributed by atoms with Gasteiger partial charge in [-0.15, -0.1) is 12.4 Å². The topological polar surface area (TPSA) is 85.2 Å². The van der Waals surface area contributed by atoms with Crippen LogP contribution in [0, 0.1) is 0 Å². The van der Waals surface area contributed by atoms with E-state index in [1.54, 1.807) is 11.9 Å². The molecule has 0 radical (unpaired) electrons. The van der Waals surface area contributed by atoms with Gasteiger partial charge < -0.3 is 15.2 Å².